The molecule has 0 spiro atoms. The molecule has 4 heteroatoms. The van der Waals surface area contributed by atoms with Gasteiger partial charge in [0.2, 0.25) is 0 Å². The number of rotatable bonds is 5. The molecule has 0 amide bonds. The van der Waals surface area contributed by atoms with Crippen molar-refractivity contribution >= 4 is 0 Å². The van der Waals surface area contributed by atoms with Crippen molar-refractivity contribution in [3.63, 3.8) is 0 Å². The summed E-state index contributed by atoms with van der Waals surface area (Å²) in [4.78, 5) is 1.39. The monoisotopic (exact) mass is 294 g/mol. The van der Waals surface area contributed by atoms with Gasteiger partial charge in [0.25, 0.3) is 0 Å². The van der Waals surface area contributed by atoms with Crippen LogP contribution in [0.2, 0.25) is 0 Å². The van der Waals surface area contributed by atoms with Crippen molar-refractivity contribution in [2.45, 2.75) is 46.0 Å². The van der Waals surface area contributed by atoms with Gasteiger partial charge in [0.05, 0.1) is 0 Å². The summed E-state index contributed by atoms with van der Waals surface area (Å²) in [5.41, 5.74) is 2.23. The molecule has 118 valence electrons. The summed E-state index contributed by atoms with van der Waals surface area (Å²) in [5, 5.41) is 10.2. The van der Waals surface area contributed by atoms with Gasteiger partial charge in [-0.05, 0) is 38.8 Å². The molecule has 0 aliphatic carbocycles. The number of aryl methyl sites for hydroxylation is 2. The van der Waals surface area contributed by atoms with Crippen molar-refractivity contribution in [3.8, 4) is 5.75 Å². The number of nitrogens with one attached hydrogen (secondary N) is 1. The molecule has 0 bridgehead atoms. The highest BCUT2D eigenvalue weighted by atomic mass is 16.5. The van der Waals surface area contributed by atoms with Crippen LogP contribution in [-0.2, 0) is 4.74 Å². The first-order valence-electron chi connectivity index (χ1n) is 7.81. The fourth-order valence-electron chi connectivity index (χ4n) is 3.15. The van der Waals surface area contributed by atoms with E-state index in [9.17, 15) is 5.11 Å². The number of benzene rings is 1. The van der Waals surface area contributed by atoms with Gasteiger partial charge in [-0.25, -0.2) is 0 Å². The molecule has 2 N–H and O–H groups in total. The van der Waals surface area contributed by atoms with Crippen LogP contribution in [0.3, 0.4) is 0 Å². The van der Waals surface area contributed by atoms with Crippen molar-refractivity contribution in [2.75, 3.05) is 26.2 Å². The van der Waals surface area contributed by atoms with E-state index in [0.29, 0.717) is 13.2 Å². The molecule has 1 aromatic rings. The molecule has 1 heterocycles. The number of hydrogen-bond acceptors (Lipinski definition) is 3. The molecule has 1 aliphatic heterocycles. The Morgan fingerprint density at radius 1 is 1.24 bits per heavy atom. The number of hydrogen-bond donors (Lipinski definition) is 2. The second kappa shape index (κ2) is 7.25. The Balaban J connectivity index is 1.83. The molecule has 21 heavy (non-hydrogen) atoms. The number of aliphatic hydroxyl groups excluding tert-OH is 1. The predicted octanol–water partition coefficient (Wildman–Crippen LogP) is 0.735. The highest BCUT2D eigenvalue weighted by Crippen LogP contribution is 2.22. The van der Waals surface area contributed by atoms with Crippen LogP contribution in [0.25, 0.3) is 0 Å². The Kier molecular flexibility index (Phi) is 5.62. The highest BCUT2D eigenvalue weighted by Gasteiger charge is 2.27. The van der Waals surface area contributed by atoms with Crippen LogP contribution in [0.1, 0.15) is 25.0 Å². The van der Waals surface area contributed by atoms with Crippen LogP contribution in [0.4, 0.5) is 0 Å². The molecule has 1 saturated heterocycles. The van der Waals surface area contributed by atoms with Crippen LogP contribution >= 0.6 is 0 Å². The van der Waals surface area contributed by atoms with Crippen LogP contribution < -0.4 is 9.64 Å². The lowest BCUT2D eigenvalue weighted by Crippen LogP contribution is -3.16. The molecule has 0 radical (unpaired) electrons. The van der Waals surface area contributed by atoms with Gasteiger partial charge in [0, 0.05) is 0 Å². The predicted molar refractivity (Wildman–Crippen MR) is 83.0 cm³/mol. The lowest BCUT2D eigenvalue weighted by atomic mass is 10.1. The number of ether oxygens (including phenoxy) is 2. The van der Waals surface area contributed by atoms with E-state index >= 15 is 0 Å². The zero-order valence-electron chi connectivity index (χ0n) is 13.6. The Morgan fingerprint density at radius 3 is 2.38 bits per heavy atom. The van der Waals surface area contributed by atoms with Gasteiger partial charge in [-0.2, -0.15) is 0 Å². The quantitative estimate of drug-likeness (QED) is 0.842. The highest BCUT2D eigenvalue weighted by molar-refractivity contribution is 5.39. The van der Waals surface area contributed by atoms with Gasteiger partial charge in [-0.15, -0.1) is 0 Å². The fourth-order valence-corrected chi connectivity index (χ4v) is 3.15. The average molecular weight is 294 g/mol. The normalized spacial score (nSPS) is 27.4. The van der Waals surface area contributed by atoms with Crippen LogP contribution in [0, 0.1) is 13.8 Å². The summed E-state index contributed by atoms with van der Waals surface area (Å²) >= 11 is 0. The van der Waals surface area contributed by atoms with E-state index in [-0.39, 0.29) is 12.2 Å². The molecule has 1 aromatic carbocycles. The Labute approximate surface area is 127 Å². The molecule has 0 aromatic heterocycles. The van der Waals surface area contributed by atoms with E-state index in [2.05, 4.69) is 13.8 Å². The molecule has 3 atom stereocenters. The molecule has 2 rings (SSSR count). The maximum atomic E-state index is 10.2. The van der Waals surface area contributed by atoms with Crippen molar-refractivity contribution in [1.82, 2.24) is 0 Å². The second-order valence-corrected chi connectivity index (χ2v) is 6.31. The fraction of sp³-hybridized carbons (Fsp3) is 0.647. The Bertz CT molecular complexity index is 433. The van der Waals surface area contributed by atoms with E-state index < -0.39 is 6.10 Å². The summed E-state index contributed by atoms with van der Waals surface area (Å²) in [7, 11) is 0. The summed E-state index contributed by atoms with van der Waals surface area (Å²) in [6, 6.07) is 6.09. The smallest absolute Gasteiger partial charge is 0.137 e. The zero-order chi connectivity index (χ0) is 15.4. The number of para-hydroxylation sites is 1. The minimum absolute atomic E-state index is 0.260. The van der Waals surface area contributed by atoms with E-state index in [1.807, 2.05) is 32.0 Å². The van der Waals surface area contributed by atoms with Crippen molar-refractivity contribution in [3.05, 3.63) is 29.3 Å². The third kappa shape index (κ3) is 4.70. The molecular formula is C17H28NO3+. The molecule has 0 unspecified atom stereocenters. The maximum absolute atomic E-state index is 10.2. The lowest BCUT2D eigenvalue weighted by molar-refractivity contribution is -0.918. The van der Waals surface area contributed by atoms with Crippen molar-refractivity contribution in [1.29, 1.82) is 0 Å². The van der Waals surface area contributed by atoms with Gasteiger partial charge >= 0.3 is 0 Å². The van der Waals surface area contributed by atoms with Crippen molar-refractivity contribution in [2.24, 2.45) is 0 Å². The Hall–Kier alpha value is -1.10. The summed E-state index contributed by atoms with van der Waals surface area (Å²) in [5.74, 6) is 0.898. The number of aliphatic hydroxyl groups is 1. The summed E-state index contributed by atoms with van der Waals surface area (Å²) in [6.07, 6.45) is 0.0717. The van der Waals surface area contributed by atoms with E-state index in [1.165, 1.54) is 4.90 Å². The summed E-state index contributed by atoms with van der Waals surface area (Å²) < 4.78 is 11.6. The average Bonchev–Trinajstić information content (AvgIpc) is 2.36. The SMILES string of the molecule is Cc1cccc(C)c1OC[C@H](O)C[NH+]1C[C@@H](C)O[C@H](C)C1. The molecule has 1 aliphatic rings. The standard InChI is InChI=1S/C17H27NO3/c1-12-6-5-7-13(2)17(12)20-11-16(19)10-18-8-14(3)21-15(4)9-18/h5-7,14-16,19H,8-11H2,1-4H3/p+1/t14-,15-,16-/m1/s1. The van der Waals surface area contributed by atoms with Gasteiger partial charge in [-0.1, -0.05) is 18.2 Å². The zero-order valence-corrected chi connectivity index (χ0v) is 13.6. The number of morpholine rings is 1. The lowest BCUT2D eigenvalue weighted by Gasteiger charge is -2.33. The van der Waals surface area contributed by atoms with Gasteiger partial charge in [0.1, 0.15) is 50.3 Å². The molecule has 1 fully saturated rings. The molecular weight excluding hydrogens is 266 g/mol. The first kappa shape index (κ1) is 16.3. The molecule has 4 nitrogen and oxygen atoms in total. The maximum Gasteiger partial charge on any atom is 0.137 e. The van der Waals surface area contributed by atoms with E-state index in [1.54, 1.807) is 0 Å². The van der Waals surface area contributed by atoms with E-state index in [0.717, 1.165) is 30.0 Å². The largest absolute Gasteiger partial charge is 0.490 e. The van der Waals surface area contributed by atoms with E-state index in [4.69, 9.17) is 9.47 Å². The minimum Gasteiger partial charge on any atom is -0.490 e. The van der Waals surface area contributed by atoms with Gasteiger partial charge in [0.15, 0.2) is 0 Å². The van der Waals surface area contributed by atoms with Gasteiger partial charge < -0.3 is 19.5 Å². The third-order valence-electron chi connectivity index (χ3n) is 3.97. The topological polar surface area (TPSA) is 43.1 Å². The summed E-state index contributed by atoms with van der Waals surface area (Å²) in [6.45, 7) is 11.2. The Morgan fingerprint density at radius 2 is 1.81 bits per heavy atom. The van der Waals surface area contributed by atoms with Crippen LogP contribution in [0.15, 0.2) is 18.2 Å². The second-order valence-electron chi connectivity index (χ2n) is 6.31. The first-order valence-corrected chi connectivity index (χ1v) is 7.81. The third-order valence-corrected chi connectivity index (χ3v) is 3.97. The first-order chi connectivity index (χ1) is 9.95. The van der Waals surface area contributed by atoms with Crippen LogP contribution in [0.5, 0.6) is 5.75 Å². The number of quaternary nitrogens is 1. The minimum atomic E-state index is -0.448. The molecule has 0 saturated carbocycles. The van der Waals surface area contributed by atoms with Crippen LogP contribution in [-0.4, -0.2) is 49.7 Å². The van der Waals surface area contributed by atoms with Crippen molar-refractivity contribution < 1.29 is 19.5 Å². The van der Waals surface area contributed by atoms with Gasteiger partial charge in [-0.3, -0.25) is 0 Å².